The van der Waals surface area contributed by atoms with Gasteiger partial charge in [-0.05, 0) is 6.92 Å². The van der Waals surface area contributed by atoms with Crippen molar-refractivity contribution in [3.05, 3.63) is 24.8 Å². The van der Waals surface area contributed by atoms with Crippen LogP contribution in [0.4, 0.5) is 0 Å². The summed E-state index contributed by atoms with van der Waals surface area (Å²) < 4.78 is 9.07. The maximum atomic E-state index is 10.8. The first-order valence-corrected chi connectivity index (χ1v) is 3.67. The van der Waals surface area contributed by atoms with Gasteiger partial charge in [0, 0.05) is 5.57 Å². The first-order chi connectivity index (χ1) is 6.07. The molecule has 0 bridgehead atoms. The van der Waals surface area contributed by atoms with E-state index in [2.05, 4.69) is 22.6 Å². The minimum Gasteiger partial charge on any atom is -0.459 e. The monoisotopic (exact) mass is 184 g/mol. The first kappa shape index (κ1) is 11.4. The standard InChI is InChI=1S/C9H12O4/c1-4-5-12-8(10)6-13-9(11)7(2)3/h4H,1-2,5-6H2,3H3. The van der Waals surface area contributed by atoms with E-state index in [1.807, 2.05) is 0 Å². The second-order valence-corrected chi connectivity index (χ2v) is 2.33. The summed E-state index contributed by atoms with van der Waals surface area (Å²) in [5.41, 5.74) is 0.247. The van der Waals surface area contributed by atoms with Crippen LogP contribution in [0.1, 0.15) is 6.92 Å². The second kappa shape index (κ2) is 5.99. The summed E-state index contributed by atoms with van der Waals surface area (Å²) in [6.45, 7) is 7.93. The molecule has 0 unspecified atom stereocenters. The highest BCUT2D eigenvalue weighted by atomic mass is 16.6. The second-order valence-electron chi connectivity index (χ2n) is 2.33. The van der Waals surface area contributed by atoms with Crippen LogP contribution in [0.2, 0.25) is 0 Å². The van der Waals surface area contributed by atoms with Gasteiger partial charge in [-0.3, -0.25) is 0 Å². The van der Waals surface area contributed by atoms with E-state index in [9.17, 15) is 9.59 Å². The van der Waals surface area contributed by atoms with E-state index in [1.54, 1.807) is 0 Å². The Morgan fingerprint density at radius 2 is 2.00 bits per heavy atom. The van der Waals surface area contributed by atoms with Gasteiger partial charge in [0.15, 0.2) is 6.61 Å². The minimum atomic E-state index is -0.602. The van der Waals surface area contributed by atoms with Crippen LogP contribution in [-0.2, 0) is 19.1 Å². The molecule has 0 heterocycles. The Bertz CT molecular complexity index is 230. The van der Waals surface area contributed by atoms with Gasteiger partial charge >= 0.3 is 11.9 Å². The van der Waals surface area contributed by atoms with Gasteiger partial charge in [0.1, 0.15) is 6.61 Å². The number of hydrogen-bond acceptors (Lipinski definition) is 4. The molecule has 0 saturated heterocycles. The summed E-state index contributed by atoms with van der Waals surface area (Å²) in [4.78, 5) is 21.5. The Hall–Kier alpha value is -1.58. The van der Waals surface area contributed by atoms with Gasteiger partial charge in [0.05, 0.1) is 0 Å². The van der Waals surface area contributed by atoms with Crippen molar-refractivity contribution in [2.45, 2.75) is 6.92 Å². The lowest BCUT2D eigenvalue weighted by molar-refractivity contribution is -0.155. The predicted octanol–water partition coefficient (Wildman–Crippen LogP) is 0.835. The van der Waals surface area contributed by atoms with E-state index in [-0.39, 0.29) is 18.8 Å². The number of carbonyl (C=O) groups excluding carboxylic acids is 2. The molecule has 0 aliphatic heterocycles. The smallest absolute Gasteiger partial charge is 0.344 e. The molecule has 0 saturated carbocycles. The van der Waals surface area contributed by atoms with Gasteiger partial charge < -0.3 is 9.47 Å². The number of carbonyl (C=O) groups is 2. The summed E-state index contributed by atoms with van der Waals surface area (Å²) in [5, 5.41) is 0. The van der Waals surface area contributed by atoms with Gasteiger partial charge in [-0.15, -0.1) is 0 Å². The topological polar surface area (TPSA) is 52.6 Å². The molecular formula is C9H12O4. The van der Waals surface area contributed by atoms with Crippen molar-refractivity contribution in [2.24, 2.45) is 0 Å². The van der Waals surface area contributed by atoms with Crippen molar-refractivity contribution in [3.63, 3.8) is 0 Å². The molecule has 0 aliphatic carbocycles. The highest BCUT2D eigenvalue weighted by molar-refractivity contribution is 5.88. The molecule has 0 atom stereocenters. The maximum absolute atomic E-state index is 10.8. The molecule has 0 aromatic carbocycles. The fourth-order valence-corrected chi connectivity index (χ4v) is 0.441. The minimum absolute atomic E-state index is 0.115. The maximum Gasteiger partial charge on any atom is 0.344 e. The molecule has 0 aromatic rings. The SMILES string of the molecule is C=CCOC(=O)COC(=O)C(=C)C. The molecule has 0 rings (SSSR count). The number of ether oxygens (including phenoxy) is 2. The van der Waals surface area contributed by atoms with Crippen LogP contribution in [0, 0.1) is 0 Å². The number of esters is 2. The molecule has 0 radical (unpaired) electrons. The fourth-order valence-electron chi connectivity index (χ4n) is 0.441. The van der Waals surface area contributed by atoms with Crippen LogP contribution >= 0.6 is 0 Å². The summed E-state index contributed by atoms with van der Waals surface area (Å²) in [5.74, 6) is -1.20. The normalized spacial score (nSPS) is 8.69. The first-order valence-electron chi connectivity index (χ1n) is 3.67. The number of hydrogen-bond donors (Lipinski definition) is 0. The van der Waals surface area contributed by atoms with Crippen molar-refractivity contribution >= 4 is 11.9 Å². The Morgan fingerprint density at radius 3 is 2.46 bits per heavy atom. The third kappa shape index (κ3) is 5.66. The molecule has 4 nitrogen and oxygen atoms in total. The van der Waals surface area contributed by atoms with Crippen molar-refractivity contribution in [3.8, 4) is 0 Å². The third-order valence-corrected chi connectivity index (χ3v) is 1.03. The quantitative estimate of drug-likeness (QED) is 0.361. The van der Waals surface area contributed by atoms with Crippen molar-refractivity contribution < 1.29 is 19.1 Å². The zero-order valence-electron chi connectivity index (χ0n) is 7.54. The Labute approximate surface area is 76.8 Å². The summed E-state index contributed by atoms with van der Waals surface area (Å²) >= 11 is 0. The molecule has 0 spiro atoms. The van der Waals surface area contributed by atoms with Gasteiger partial charge in [-0.2, -0.15) is 0 Å². The van der Waals surface area contributed by atoms with Crippen LogP contribution in [0.25, 0.3) is 0 Å². The van der Waals surface area contributed by atoms with Crippen LogP contribution in [0.15, 0.2) is 24.8 Å². The van der Waals surface area contributed by atoms with Crippen LogP contribution in [0.5, 0.6) is 0 Å². The lowest BCUT2D eigenvalue weighted by Gasteiger charge is -2.03. The largest absolute Gasteiger partial charge is 0.459 e. The Morgan fingerprint density at radius 1 is 1.38 bits per heavy atom. The fraction of sp³-hybridized carbons (Fsp3) is 0.333. The van der Waals surface area contributed by atoms with E-state index in [1.165, 1.54) is 13.0 Å². The summed E-state index contributed by atoms with van der Waals surface area (Å²) in [7, 11) is 0. The predicted molar refractivity (Wildman–Crippen MR) is 46.9 cm³/mol. The van der Waals surface area contributed by atoms with E-state index < -0.39 is 11.9 Å². The van der Waals surface area contributed by atoms with Gasteiger partial charge in [0.25, 0.3) is 0 Å². The zero-order chi connectivity index (χ0) is 10.3. The summed E-state index contributed by atoms with van der Waals surface area (Å²) in [6.07, 6.45) is 1.43. The molecule has 0 N–H and O–H groups in total. The van der Waals surface area contributed by atoms with Gasteiger partial charge in [-0.25, -0.2) is 9.59 Å². The zero-order valence-corrected chi connectivity index (χ0v) is 7.54. The molecule has 0 aliphatic rings. The number of rotatable bonds is 5. The average Bonchev–Trinajstić information content (AvgIpc) is 2.10. The van der Waals surface area contributed by atoms with Crippen LogP contribution < -0.4 is 0 Å². The Kier molecular flexibility index (Phi) is 5.27. The van der Waals surface area contributed by atoms with E-state index in [0.29, 0.717) is 0 Å². The molecular weight excluding hydrogens is 172 g/mol. The highest BCUT2D eigenvalue weighted by Crippen LogP contribution is 1.92. The molecule has 0 fully saturated rings. The van der Waals surface area contributed by atoms with Crippen LogP contribution in [-0.4, -0.2) is 25.2 Å². The summed E-state index contributed by atoms with van der Waals surface area (Å²) in [6, 6.07) is 0. The Balaban J connectivity index is 3.63. The highest BCUT2D eigenvalue weighted by Gasteiger charge is 2.07. The third-order valence-electron chi connectivity index (χ3n) is 1.03. The van der Waals surface area contributed by atoms with E-state index >= 15 is 0 Å². The van der Waals surface area contributed by atoms with Crippen molar-refractivity contribution in [1.82, 2.24) is 0 Å². The molecule has 72 valence electrons. The molecule has 0 amide bonds. The van der Waals surface area contributed by atoms with Crippen LogP contribution in [0.3, 0.4) is 0 Å². The van der Waals surface area contributed by atoms with Gasteiger partial charge in [0.2, 0.25) is 0 Å². The molecule has 4 heteroatoms. The van der Waals surface area contributed by atoms with E-state index in [0.717, 1.165) is 0 Å². The lowest BCUT2D eigenvalue weighted by Crippen LogP contribution is -2.16. The molecule has 13 heavy (non-hydrogen) atoms. The van der Waals surface area contributed by atoms with Gasteiger partial charge in [-0.1, -0.05) is 19.2 Å². The lowest BCUT2D eigenvalue weighted by atomic mass is 10.4. The molecule has 0 aromatic heterocycles. The average molecular weight is 184 g/mol. The van der Waals surface area contributed by atoms with E-state index in [4.69, 9.17) is 0 Å². The van der Waals surface area contributed by atoms with Crippen molar-refractivity contribution in [2.75, 3.05) is 13.2 Å². The van der Waals surface area contributed by atoms with Crippen molar-refractivity contribution in [1.29, 1.82) is 0 Å².